The van der Waals surface area contributed by atoms with E-state index in [1.807, 2.05) is 13.8 Å². The van der Waals surface area contributed by atoms with E-state index < -0.39 is 23.8 Å². The minimum atomic E-state index is -4.40. The fraction of sp³-hybridized carbons (Fsp3) is 0.533. The van der Waals surface area contributed by atoms with Crippen LogP contribution in [0.15, 0.2) is 24.3 Å². The highest BCUT2D eigenvalue weighted by molar-refractivity contribution is 5.80. The third kappa shape index (κ3) is 3.37. The van der Waals surface area contributed by atoms with Gasteiger partial charge in [-0.1, -0.05) is 26.0 Å². The first-order valence-electron chi connectivity index (χ1n) is 6.92. The number of nitrogens with two attached hydrogens (primary N) is 1. The molecule has 0 aromatic heterocycles. The van der Waals surface area contributed by atoms with E-state index in [1.54, 1.807) is 11.0 Å². The van der Waals surface area contributed by atoms with Gasteiger partial charge in [-0.05, 0) is 23.6 Å². The molecule has 0 saturated carbocycles. The summed E-state index contributed by atoms with van der Waals surface area (Å²) in [4.78, 5) is 13.6. The summed E-state index contributed by atoms with van der Waals surface area (Å²) < 4.78 is 38.5. The molecule has 2 N–H and O–H groups in total. The smallest absolute Gasteiger partial charge is 0.334 e. The third-order valence-electron chi connectivity index (χ3n) is 3.59. The van der Waals surface area contributed by atoms with Gasteiger partial charge < -0.3 is 10.6 Å². The highest BCUT2D eigenvalue weighted by Gasteiger charge is 2.39. The van der Waals surface area contributed by atoms with E-state index in [-0.39, 0.29) is 18.2 Å². The van der Waals surface area contributed by atoms with Crippen molar-refractivity contribution in [1.82, 2.24) is 4.90 Å². The number of likely N-dealkylation sites (tertiary alicyclic amines) is 1. The van der Waals surface area contributed by atoms with E-state index in [2.05, 4.69) is 0 Å². The fourth-order valence-electron chi connectivity index (χ4n) is 2.75. The number of carbonyl (C=O) groups is 1. The van der Waals surface area contributed by atoms with Gasteiger partial charge in [0.15, 0.2) is 0 Å². The Morgan fingerprint density at radius 1 is 1.38 bits per heavy atom. The van der Waals surface area contributed by atoms with Gasteiger partial charge in [0.05, 0.1) is 11.6 Å². The number of benzene rings is 1. The van der Waals surface area contributed by atoms with Gasteiger partial charge in [0, 0.05) is 19.0 Å². The Bertz CT molecular complexity index is 528. The number of nitrogens with zero attached hydrogens (tertiary/aromatic N) is 1. The highest BCUT2D eigenvalue weighted by atomic mass is 19.4. The maximum Gasteiger partial charge on any atom is 0.416 e. The van der Waals surface area contributed by atoms with Crippen LogP contribution in [0.4, 0.5) is 13.2 Å². The average molecular weight is 300 g/mol. The molecule has 0 aliphatic carbocycles. The zero-order valence-electron chi connectivity index (χ0n) is 12.0. The van der Waals surface area contributed by atoms with Gasteiger partial charge in [-0.15, -0.1) is 0 Å². The lowest BCUT2D eigenvalue weighted by atomic mass is 9.98. The van der Waals surface area contributed by atoms with Crippen LogP contribution in [0.25, 0.3) is 0 Å². The summed E-state index contributed by atoms with van der Waals surface area (Å²) in [5.74, 6) is 0.131. The first-order valence-corrected chi connectivity index (χ1v) is 6.92. The Hall–Kier alpha value is -1.56. The quantitative estimate of drug-likeness (QED) is 0.933. The molecule has 1 heterocycles. The second-order valence-electron chi connectivity index (χ2n) is 5.88. The van der Waals surface area contributed by atoms with Crippen LogP contribution in [-0.4, -0.2) is 23.4 Å². The number of amides is 1. The molecule has 1 aliphatic heterocycles. The lowest BCUT2D eigenvalue weighted by Crippen LogP contribution is -2.35. The van der Waals surface area contributed by atoms with Crippen molar-refractivity contribution in [2.75, 3.05) is 6.54 Å². The van der Waals surface area contributed by atoms with Gasteiger partial charge in [0.1, 0.15) is 0 Å². The lowest BCUT2D eigenvalue weighted by molar-refractivity contribution is -0.137. The number of carbonyl (C=O) groups excluding carboxylic acids is 1. The summed E-state index contributed by atoms with van der Waals surface area (Å²) in [7, 11) is 0. The summed E-state index contributed by atoms with van der Waals surface area (Å²) in [6, 6.07) is 4.13. The number of hydrogen-bond acceptors (Lipinski definition) is 2. The Morgan fingerprint density at radius 2 is 2.05 bits per heavy atom. The van der Waals surface area contributed by atoms with Crippen LogP contribution in [0.1, 0.15) is 37.4 Å². The van der Waals surface area contributed by atoms with Crippen molar-refractivity contribution < 1.29 is 18.0 Å². The minimum absolute atomic E-state index is 0.0985. The van der Waals surface area contributed by atoms with Gasteiger partial charge in [0.25, 0.3) is 0 Å². The van der Waals surface area contributed by atoms with Crippen LogP contribution >= 0.6 is 0 Å². The molecule has 1 aliphatic rings. The van der Waals surface area contributed by atoms with Crippen LogP contribution in [0.3, 0.4) is 0 Å². The summed E-state index contributed by atoms with van der Waals surface area (Å²) in [5, 5.41) is 0. The summed E-state index contributed by atoms with van der Waals surface area (Å²) >= 11 is 0. The molecule has 0 spiro atoms. The SMILES string of the molecule is CC(C)CN1C(=O)CC(N)C1c1cccc(C(F)(F)F)c1. The molecule has 1 fully saturated rings. The van der Waals surface area contributed by atoms with Gasteiger partial charge in [-0.3, -0.25) is 4.79 Å². The van der Waals surface area contributed by atoms with E-state index in [1.165, 1.54) is 6.07 Å². The van der Waals surface area contributed by atoms with E-state index in [4.69, 9.17) is 5.73 Å². The topological polar surface area (TPSA) is 46.3 Å². The van der Waals surface area contributed by atoms with Gasteiger partial charge in [-0.2, -0.15) is 13.2 Å². The number of hydrogen-bond donors (Lipinski definition) is 1. The van der Waals surface area contributed by atoms with Crippen LogP contribution in [0.2, 0.25) is 0 Å². The maximum atomic E-state index is 12.8. The van der Waals surface area contributed by atoms with Crippen molar-refractivity contribution in [1.29, 1.82) is 0 Å². The summed E-state index contributed by atoms with van der Waals surface area (Å²) in [6.45, 7) is 4.41. The average Bonchev–Trinajstić information content (AvgIpc) is 2.62. The van der Waals surface area contributed by atoms with E-state index in [0.717, 1.165) is 12.1 Å². The Morgan fingerprint density at radius 3 is 2.62 bits per heavy atom. The van der Waals surface area contributed by atoms with Crippen LogP contribution < -0.4 is 5.73 Å². The molecule has 2 atom stereocenters. The second kappa shape index (κ2) is 5.67. The highest BCUT2D eigenvalue weighted by Crippen LogP contribution is 2.36. The van der Waals surface area contributed by atoms with E-state index in [9.17, 15) is 18.0 Å². The standard InChI is InChI=1S/C15H19F3N2O/c1-9(2)8-20-13(21)7-12(19)14(20)10-4-3-5-11(6-10)15(16,17)18/h3-6,9,12,14H,7-8,19H2,1-2H3. The van der Waals surface area contributed by atoms with E-state index >= 15 is 0 Å². The van der Waals surface area contributed by atoms with Gasteiger partial charge >= 0.3 is 6.18 Å². The molecule has 3 nitrogen and oxygen atoms in total. The Kier molecular flexibility index (Phi) is 4.27. The lowest BCUT2D eigenvalue weighted by Gasteiger charge is -2.29. The molecule has 2 rings (SSSR count). The second-order valence-corrected chi connectivity index (χ2v) is 5.88. The van der Waals surface area contributed by atoms with Gasteiger partial charge in [0.2, 0.25) is 5.91 Å². The molecule has 21 heavy (non-hydrogen) atoms. The molecular weight excluding hydrogens is 281 g/mol. The minimum Gasteiger partial charge on any atom is -0.334 e. The van der Waals surface area contributed by atoms with Crippen molar-refractivity contribution >= 4 is 5.91 Å². The van der Waals surface area contributed by atoms with Crippen molar-refractivity contribution in [3.63, 3.8) is 0 Å². The molecule has 1 aromatic rings. The molecule has 0 radical (unpaired) electrons. The molecule has 2 unspecified atom stereocenters. The third-order valence-corrected chi connectivity index (χ3v) is 3.59. The zero-order chi connectivity index (χ0) is 15.8. The van der Waals surface area contributed by atoms with Crippen LogP contribution in [0, 0.1) is 5.92 Å². The Labute approximate surface area is 121 Å². The van der Waals surface area contributed by atoms with Crippen molar-refractivity contribution in [2.24, 2.45) is 11.7 Å². The largest absolute Gasteiger partial charge is 0.416 e. The normalized spacial score (nSPS) is 23.2. The predicted molar refractivity (Wildman–Crippen MR) is 73.3 cm³/mol. The van der Waals surface area contributed by atoms with Crippen molar-refractivity contribution in [3.05, 3.63) is 35.4 Å². The van der Waals surface area contributed by atoms with Crippen LogP contribution in [-0.2, 0) is 11.0 Å². The molecular formula is C15H19F3N2O. The predicted octanol–water partition coefficient (Wildman–Crippen LogP) is 2.96. The number of halogens is 3. The number of rotatable bonds is 3. The first-order chi connectivity index (χ1) is 9.70. The van der Waals surface area contributed by atoms with Crippen molar-refractivity contribution in [2.45, 2.75) is 38.5 Å². The molecule has 116 valence electrons. The fourth-order valence-corrected chi connectivity index (χ4v) is 2.75. The summed E-state index contributed by atoms with van der Waals surface area (Å²) in [6.07, 6.45) is -4.22. The summed E-state index contributed by atoms with van der Waals surface area (Å²) in [5.41, 5.74) is 5.72. The molecule has 1 aromatic carbocycles. The van der Waals surface area contributed by atoms with Crippen molar-refractivity contribution in [3.8, 4) is 0 Å². The molecule has 1 amide bonds. The van der Waals surface area contributed by atoms with E-state index in [0.29, 0.717) is 12.1 Å². The zero-order valence-corrected chi connectivity index (χ0v) is 12.0. The first kappa shape index (κ1) is 15.8. The van der Waals surface area contributed by atoms with Crippen LogP contribution in [0.5, 0.6) is 0 Å². The number of alkyl halides is 3. The molecule has 1 saturated heterocycles. The molecule has 0 bridgehead atoms. The monoisotopic (exact) mass is 300 g/mol. The Balaban J connectivity index is 2.36. The van der Waals surface area contributed by atoms with Gasteiger partial charge in [-0.25, -0.2) is 0 Å². The maximum absolute atomic E-state index is 12.8. The molecule has 6 heteroatoms.